The molecule has 7 heteroatoms. The number of nitrogens with zero attached hydrogens (tertiary/aromatic N) is 2. The Morgan fingerprint density at radius 1 is 1.11 bits per heavy atom. The number of nitrogens with one attached hydrogen (secondary N) is 2. The third-order valence-corrected chi connectivity index (χ3v) is 4.83. The van der Waals surface area contributed by atoms with Crippen molar-refractivity contribution in [2.24, 2.45) is 0 Å². The van der Waals surface area contributed by atoms with Crippen LogP contribution in [0.2, 0.25) is 0 Å². The fourth-order valence-electron chi connectivity index (χ4n) is 3.39. The Hall–Kier alpha value is -3.35. The summed E-state index contributed by atoms with van der Waals surface area (Å²) >= 11 is 0. The minimum atomic E-state index is -0.338. The number of hydrazine groups is 1. The first kappa shape index (κ1) is 19.4. The van der Waals surface area contributed by atoms with E-state index in [2.05, 4.69) is 22.3 Å². The van der Waals surface area contributed by atoms with Gasteiger partial charge < -0.3 is 4.90 Å². The number of amides is 1. The Morgan fingerprint density at radius 2 is 1.86 bits per heavy atom. The van der Waals surface area contributed by atoms with Crippen molar-refractivity contribution in [2.45, 2.75) is 25.7 Å². The van der Waals surface area contributed by atoms with E-state index in [0.29, 0.717) is 22.5 Å². The summed E-state index contributed by atoms with van der Waals surface area (Å²) in [5.41, 5.74) is 7.82. The molecule has 0 aromatic heterocycles. The summed E-state index contributed by atoms with van der Waals surface area (Å²) < 4.78 is 0. The summed E-state index contributed by atoms with van der Waals surface area (Å²) in [7, 11) is 0. The van der Waals surface area contributed by atoms with Crippen LogP contribution < -0.4 is 15.8 Å². The maximum absolute atomic E-state index is 12.0. The van der Waals surface area contributed by atoms with Crippen molar-refractivity contribution in [1.29, 1.82) is 0 Å². The second-order valence-corrected chi connectivity index (χ2v) is 6.74. The second kappa shape index (κ2) is 9.03. The number of nitro groups is 1. The topological polar surface area (TPSA) is 87.5 Å². The van der Waals surface area contributed by atoms with Gasteiger partial charge in [-0.3, -0.25) is 25.8 Å². The maximum atomic E-state index is 12.0. The monoisotopic (exact) mass is 380 g/mol. The summed E-state index contributed by atoms with van der Waals surface area (Å²) in [6.07, 6.45) is 12.8. The number of nitro benzene ring substituents is 1. The van der Waals surface area contributed by atoms with E-state index in [9.17, 15) is 14.9 Å². The van der Waals surface area contributed by atoms with Crippen molar-refractivity contribution in [1.82, 2.24) is 10.9 Å². The van der Waals surface area contributed by atoms with Crippen molar-refractivity contribution in [2.75, 3.05) is 18.0 Å². The molecule has 1 aromatic carbocycles. The standard InChI is InChI=1S/C21H24N4O3/c1-2-3-6-9-17-14-18(22-23-21(17)26)16-10-11-19(20(15-16)25(27)28)24-12-7-4-5-8-13-24/h2-3,6,9-11,14-15,22H,1,4-5,7-8,12-13H2,(H,23,26)/b6-3-,17-9+. The number of hydrogen-bond acceptors (Lipinski definition) is 5. The summed E-state index contributed by atoms with van der Waals surface area (Å²) in [6.45, 7) is 5.26. The highest BCUT2D eigenvalue weighted by Crippen LogP contribution is 2.33. The molecular formula is C21H24N4O3. The smallest absolute Gasteiger partial charge is 0.293 e. The zero-order valence-corrected chi connectivity index (χ0v) is 15.7. The lowest BCUT2D eigenvalue weighted by molar-refractivity contribution is -0.384. The first-order valence-corrected chi connectivity index (χ1v) is 9.41. The van der Waals surface area contributed by atoms with Gasteiger partial charge in [-0.1, -0.05) is 43.7 Å². The number of carbonyl (C=O) groups is 1. The molecule has 1 amide bonds. The quantitative estimate of drug-likeness (QED) is 0.353. The third kappa shape index (κ3) is 4.49. The van der Waals surface area contributed by atoms with Gasteiger partial charge in [0.05, 0.1) is 10.6 Å². The van der Waals surface area contributed by atoms with Crippen molar-refractivity contribution in [3.05, 3.63) is 76.4 Å². The molecule has 0 aliphatic carbocycles. The average Bonchev–Trinajstić information content (AvgIpc) is 2.98. The van der Waals surface area contributed by atoms with E-state index < -0.39 is 0 Å². The molecular weight excluding hydrogens is 356 g/mol. The van der Waals surface area contributed by atoms with Gasteiger partial charge in [0, 0.05) is 30.3 Å². The van der Waals surface area contributed by atoms with E-state index in [-0.39, 0.29) is 16.5 Å². The highest BCUT2D eigenvalue weighted by molar-refractivity contribution is 6.00. The molecule has 28 heavy (non-hydrogen) atoms. The van der Waals surface area contributed by atoms with Crippen LogP contribution in [0, 0.1) is 10.1 Å². The van der Waals surface area contributed by atoms with E-state index in [4.69, 9.17) is 0 Å². The minimum absolute atomic E-state index is 0.0797. The van der Waals surface area contributed by atoms with Crippen LogP contribution in [0.25, 0.3) is 5.70 Å². The third-order valence-electron chi connectivity index (χ3n) is 4.83. The Labute approximate surface area is 164 Å². The van der Waals surface area contributed by atoms with Crippen LogP contribution in [-0.4, -0.2) is 23.9 Å². The SMILES string of the molecule is C=C/C=C\C=C1/C=C(c2ccc(N3CCCCCC3)c([N+](=O)[O-])c2)NNC1=O. The van der Waals surface area contributed by atoms with Gasteiger partial charge in [0.1, 0.15) is 5.69 Å². The number of allylic oxidation sites excluding steroid dienone is 4. The Morgan fingerprint density at radius 3 is 2.54 bits per heavy atom. The largest absolute Gasteiger partial charge is 0.366 e. The van der Waals surface area contributed by atoms with E-state index in [0.717, 1.165) is 38.8 Å². The Kier molecular flexibility index (Phi) is 6.26. The fourth-order valence-corrected chi connectivity index (χ4v) is 3.39. The van der Waals surface area contributed by atoms with Crippen molar-refractivity contribution >= 4 is 23.0 Å². The predicted octanol–water partition coefficient (Wildman–Crippen LogP) is 3.62. The summed E-state index contributed by atoms with van der Waals surface area (Å²) in [4.78, 5) is 25.5. The fraction of sp³-hybridized carbons (Fsp3) is 0.286. The van der Waals surface area contributed by atoms with Gasteiger partial charge >= 0.3 is 0 Å². The van der Waals surface area contributed by atoms with E-state index >= 15 is 0 Å². The number of rotatable bonds is 5. The Bertz CT molecular complexity index is 862. The number of benzene rings is 1. The molecule has 0 bridgehead atoms. The molecule has 1 saturated heterocycles. The van der Waals surface area contributed by atoms with Gasteiger partial charge in [-0.2, -0.15) is 0 Å². The molecule has 0 atom stereocenters. The highest BCUT2D eigenvalue weighted by Gasteiger charge is 2.23. The highest BCUT2D eigenvalue weighted by atomic mass is 16.6. The van der Waals surface area contributed by atoms with Crippen molar-refractivity contribution < 1.29 is 9.72 Å². The molecule has 3 rings (SSSR count). The lowest BCUT2D eigenvalue weighted by Gasteiger charge is -2.23. The molecule has 1 aromatic rings. The molecule has 2 heterocycles. The molecule has 7 nitrogen and oxygen atoms in total. The number of carbonyl (C=O) groups excluding carboxylic acids is 1. The van der Waals surface area contributed by atoms with Crippen LogP contribution >= 0.6 is 0 Å². The van der Waals surface area contributed by atoms with Gasteiger partial charge in [-0.15, -0.1) is 0 Å². The molecule has 0 saturated carbocycles. The number of anilines is 1. The van der Waals surface area contributed by atoms with Gasteiger partial charge in [0.25, 0.3) is 11.6 Å². The van der Waals surface area contributed by atoms with Crippen LogP contribution in [0.4, 0.5) is 11.4 Å². The summed E-state index contributed by atoms with van der Waals surface area (Å²) in [6, 6.07) is 5.22. The Balaban J connectivity index is 1.95. The predicted molar refractivity (Wildman–Crippen MR) is 110 cm³/mol. The van der Waals surface area contributed by atoms with E-state index in [1.807, 2.05) is 6.07 Å². The first-order valence-electron chi connectivity index (χ1n) is 9.41. The average molecular weight is 380 g/mol. The van der Waals surface area contributed by atoms with Gasteiger partial charge in [-0.25, -0.2) is 0 Å². The molecule has 0 unspecified atom stereocenters. The van der Waals surface area contributed by atoms with Crippen LogP contribution in [0.3, 0.4) is 0 Å². The van der Waals surface area contributed by atoms with Gasteiger partial charge in [0.2, 0.25) is 0 Å². The zero-order valence-electron chi connectivity index (χ0n) is 15.7. The second-order valence-electron chi connectivity index (χ2n) is 6.74. The first-order chi connectivity index (χ1) is 13.6. The molecule has 0 radical (unpaired) electrons. The van der Waals surface area contributed by atoms with Gasteiger partial charge in [0.15, 0.2) is 0 Å². The van der Waals surface area contributed by atoms with Crippen molar-refractivity contribution in [3.8, 4) is 0 Å². The van der Waals surface area contributed by atoms with Crippen LogP contribution in [-0.2, 0) is 4.79 Å². The lowest BCUT2D eigenvalue weighted by Crippen LogP contribution is -2.40. The molecule has 146 valence electrons. The molecule has 2 N–H and O–H groups in total. The number of hydrogen-bond donors (Lipinski definition) is 2. The maximum Gasteiger partial charge on any atom is 0.293 e. The molecule has 2 aliphatic rings. The van der Waals surface area contributed by atoms with E-state index in [1.54, 1.807) is 42.5 Å². The molecule has 0 spiro atoms. The molecule has 1 fully saturated rings. The zero-order chi connectivity index (χ0) is 19.9. The summed E-state index contributed by atoms with van der Waals surface area (Å²) in [5, 5.41) is 11.7. The van der Waals surface area contributed by atoms with Crippen LogP contribution in [0.5, 0.6) is 0 Å². The van der Waals surface area contributed by atoms with Crippen molar-refractivity contribution in [3.63, 3.8) is 0 Å². The summed E-state index contributed by atoms with van der Waals surface area (Å²) in [5.74, 6) is -0.270. The normalized spacial score (nSPS) is 19.0. The minimum Gasteiger partial charge on any atom is -0.366 e. The lowest BCUT2D eigenvalue weighted by atomic mass is 10.0. The van der Waals surface area contributed by atoms with Crippen LogP contribution in [0.1, 0.15) is 31.2 Å². The van der Waals surface area contributed by atoms with E-state index in [1.165, 1.54) is 0 Å². The van der Waals surface area contributed by atoms with Gasteiger partial charge in [-0.05, 0) is 31.1 Å². The van der Waals surface area contributed by atoms with Crippen LogP contribution in [0.15, 0.2) is 60.7 Å². The molecule has 2 aliphatic heterocycles.